The molecule has 2 aromatic rings. The lowest BCUT2D eigenvalue weighted by Gasteiger charge is -2.43. The second-order valence-corrected chi connectivity index (χ2v) is 8.96. The Bertz CT molecular complexity index is 1100. The summed E-state index contributed by atoms with van der Waals surface area (Å²) in [7, 11) is 0. The van der Waals surface area contributed by atoms with Gasteiger partial charge in [-0.2, -0.15) is 0 Å². The number of amides is 2. The lowest BCUT2D eigenvalue weighted by atomic mass is 9.93. The van der Waals surface area contributed by atoms with Crippen molar-refractivity contribution < 1.29 is 27.5 Å². The van der Waals surface area contributed by atoms with Gasteiger partial charge in [-0.15, -0.1) is 0 Å². The van der Waals surface area contributed by atoms with Gasteiger partial charge in [-0.25, -0.2) is 18.0 Å². The maximum atomic E-state index is 14.4. The lowest BCUT2D eigenvalue weighted by Crippen LogP contribution is -2.58. The fourth-order valence-electron chi connectivity index (χ4n) is 4.45. The normalized spacial score (nSPS) is 21.6. The van der Waals surface area contributed by atoms with Crippen LogP contribution in [0.5, 0.6) is 0 Å². The Hall–Kier alpha value is -2.98. The Morgan fingerprint density at radius 1 is 1.26 bits per heavy atom. The van der Waals surface area contributed by atoms with E-state index in [1.54, 1.807) is 28.9 Å². The molecule has 35 heavy (non-hydrogen) atoms. The highest BCUT2D eigenvalue weighted by atomic mass is 35.5. The van der Waals surface area contributed by atoms with E-state index in [-0.39, 0.29) is 31.3 Å². The van der Waals surface area contributed by atoms with E-state index in [1.807, 2.05) is 12.1 Å². The summed E-state index contributed by atoms with van der Waals surface area (Å²) in [6.07, 6.45) is -0.479. The minimum absolute atomic E-state index is 0.0239. The molecule has 0 aromatic heterocycles. The third-order valence-electron chi connectivity index (χ3n) is 6.20. The zero-order valence-electron chi connectivity index (χ0n) is 19.1. The van der Waals surface area contributed by atoms with Crippen molar-refractivity contribution in [1.29, 1.82) is 0 Å². The van der Waals surface area contributed by atoms with Crippen LogP contribution in [0.3, 0.4) is 0 Å². The van der Waals surface area contributed by atoms with E-state index in [0.717, 1.165) is 11.8 Å². The number of urea groups is 1. The molecule has 188 valence electrons. The molecule has 0 spiro atoms. The molecule has 1 fully saturated rings. The number of hydrogen-bond donors (Lipinski definition) is 2. The van der Waals surface area contributed by atoms with Crippen molar-refractivity contribution in [1.82, 2.24) is 4.90 Å². The van der Waals surface area contributed by atoms with Gasteiger partial charge < -0.3 is 15.4 Å². The number of halogens is 4. The molecule has 1 saturated heterocycles. The quantitative estimate of drug-likeness (QED) is 0.564. The van der Waals surface area contributed by atoms with Gasteiger partial charge in [0.05, 0.1) is 29.0 Å². The van der Waals surface area contributed by atoms with Gasteiger partial charge in [-0.3, -0.25) is 14.6 Å². The predicted molar refractivity (Wildman–Crippen MR) is 128 cm³/mol. The van der Waals surface area contributed by atoms with Crippen molar-refractivity contribution in [3.63, 3.8) is 0 Å². The van der Waals surface area contributed by atoms with Crippen molar-refractivity contribution in [2.75, 3.05) is 48.3 Å². The van der Waals surface area contributed by atoms with Crippen molar-refractivity contribution >= 4 is 40.7 Å². The molecule has 0 radical (unpaired) electrons. The van der Waals surface area contributed by atoms with Crippen molar-refractivity contribution in [2.45, 2.75) is 25.3 Å². The summed E-state index contributed by atoms with van der Waals surface area (Å²) < 4.78 is 47.3. The van der Waals surface area contributed by atoms with Crippen molar-refractivity contribution in [2.24, 2.45) is 5.92 Å². The maximum absolute atomic E-state index is 14.4. The summed E-state index contributed by atoms with van der Waals surface area (Å²) in [6, 6.07) is 10.2. The number of para-hydroxylation sites is 2. The molecule has 2 aromatic carbocycles. The molecule has 2 aliphatic rings. The Morgan fingerprint density at radius 2 is 2.03 bits per heavy atom. The SMILES string of the molecule is CCOC(=O)C1CN(CC2CNc3ccccc3N2C(=O)Nc2ccc(F)c(Cl)c2)CCC1(F)F. The number of hydrogen-bond acceptors (Lipinski definition) is 5. The number of anilines is 3. The first-order valence-electron chi connectivity index (χ1n) is 11.3. The molecule has 2 heterocycles. The van der Waals surface area contributed by atoms with E-state index < -0.39 is 42.1 Å². The van der Waals surface area contributed by atoms with Gasteiger partial charge in [0.2, 0.25) is 0 Å². The predicted octanol–water partition coefficient (Wildman–Crippen LogP) is 4.83. The van der Waals surface area contributed by atoms with E-state index in [9.17, 15) is 22.8 Å². The van der Waals surface area contributed by atoms with Gasteiger partial charge in [0.1, 0.15) is 11.7 Å². The second-order valence-electron chi connectivity index (χ2n) is 8.56. The zero-order chi connectivity index (χ0) is 25.2. The largest absolute Gasteiger partial charge is 0.466 e. The van der Waals surface area contributed by atoms with E-state index in [0.29, 0.717) is 17.9 Å². The molecule has 0 bridgehead atoms. The molecular weight excluding hydrogens is 485 g/mol. The third-order valence-corrected chi connectivity index (χ3v) is 6.49. The summed E-state index contributed by atoms with van der Waals surface area (Å²) in [5, 5.41) is 5.89. The molecule has 4 rings (SSSR count). The van der Waals surface area contributed by atoms with Crippen LogP contribution in [0, 0.1) is 11.7 Å². The summed E-state index contributed by atoms with van der Waals surface area (Å²) >= 11 is 5.85. The Labute approximate surface area is 206 Å². The highest BCUT2D eigenvalue weighted by Gasteiger charge is 2.49. The molecule has 7 nitrogen and oxygen atoms in total. The molecule has 2 unspecified atom stereocenters. The number of esters is 1. The summed E-state index contributed by atoms with van der Waals surface area (Å²) in [4.78, 5) is 28.9. The highest BCUT2D eigenvalue weighted by Crippen LogP contribution is 2.36. The number of piperidine rings is 1. The molecule has 0 aliphatic carbocycles. The number of carbonyl (C=O) groups excluding carboxylic acids is 2. The van der Waals surface area contributed by atoms with Gasteiger partial charge >= 0.3 is 12.0 Å². The van der Waals surface area contributed by atoms with Crippen LogP contribution in [0.2, 0.25) is 5.02 Å². The highest BCUT2D eigenvalue weighted by molar-refractivity contribution is 6.31. The van der Waals surface area contributed by atoms with Gasteiger partial charge in [0.25, 0.3) is 5.92 Å². The van der Waals surface area contributed by atoms with E-state index >= 15 is 0 Å². The lowest BCUT2D eigenvalue weighted by molar-refractivity contribution is -0.172. The number of nitrogens with zero attached hydrogens (tertiary/aromatic N) is 2. The molecule has 0 saturated carbocycles. The average molecular weight is 511 g/mol. The first-order valence-corrected chi connectivity index (χ1v) is 11.7. The second kappa shape index (κ2) is 10.3. The number of rotatable bonds is 5. The van der Waals surface area contributed by atoms with Crippen LogP contribution in [0.25, 0.3) is 0 Å². The van der Waals surface area contributed by atoms with Crippen LogP contribution < -0.4 is 15.5 Å². The molecule has 2 N–H and O–H groups in total. The average Bonchev–Trinajstić information content (AvgIpc) is 2.82. The Kier molecular flexibility index (Phi) is 7.42. The summed E-state index contributed by atoms with van der Waals surface area (Å²) in [5.41, 5.74) is 1.67. The van der Waals surface area contributed by atoms with Gasteiger partial charge in [0, 0.05) is 38.3 Å². The van der Waals surface area contributed by atoms with Crippen LogP contribution in [0.15, 0.2) is 42.5 Å². The van der Waals surface area contributed by atoms with Gasteiger partial charge in [-0.1, -0.05) is 23.7 Å². The number of ether oxygens (including phenoxy) is 1. The van der Waals surface area contributed by atoms with Crippen LogP contribution in [-0.4, -0.2) is 61.7 Å². The van der Waals surface area contributed by atoms with Crippen LogP contribution in [0.4, 0.5) is 35.0 Å². The maximum Gasteiger partial charge on any atom is 0.326 e. The minimum atomic E-state index is -3.15. The number of nitrogens with one attached hydrogen (secondary N) is 2. The summed E-state index contributed by atoms with van der Waals surface area (Å²) in [5.74, 6) is -6.24. The Balaban J connectivity index is 1.55. The van der Waals surface area contributed by atoms with Crippen LogP contribution >= 0.6 is 11.6 Å². The smallest absolute Gasteiger partial charge is 0.326 e. The first kappa shape index (κ1) is 25.1. The molecule has 2 aliphatic heterocycles. The number of likely N-dealkylation sites (tertiary alicyclic amines) is 1. The zero-order valence-corrected chi connectivity index (χ0v) is 19.8. The first-order chi connectivity index (χ1) is 16.7. The monoisotopic (exact) mass is 510 g/mol. The van der Waals surface area contributed by atoms with Crippen molar-refractivity contribution in [3.8, 4) is 0 Å². The molecule has 2 atom stereocenters. The molecule has 11 heteroatoms. The minimum Gasteiger partial charge on any atom is -0.466 e. The van der Waals surface area contributed by atoms with Crippen molar-refractivity contribution in [3.05, 3.63) is 53.3 Å². The van der Waals surface area contributed by atoms with Gasteiger partial charge in [0.15, 0.2) is 0 Å². The standard InChI is InChI=1S/C24H26ClF3N4O3/c1-2-35-22(33)17-14-31(10-9-24(17,27)28)13-16-12-29-20-5-3-4-6-21(20)32(16)23(34)30-15-7-8-19(26)18(25)11-15/h3-8,11,16-17,29H,2,9-10,12-14H2,1H3,(H,30,34). The summed E-state index contributed by atoms with van der Waals surface area (Å²) in [6.45, 7) is 2.12. The van der Waals surface area contributed by atoms with E-state index in [1.165, 1.54) is 12.1 Å². The van der Waals surface area contributed by atoms with E-state index in [2.05, 4.69) is 10.6 Å². The van der Waals surface area contributed by atoms with Gasteiger partial charge in [-0.05, 0) is 37.3 Å². The fraction of sp³-hybridized carbons (Fsp3) is 0.417. The molecule has 2 amide bonds. The molecular formula is C24H26ClF3N4O3. The third kappa shape index (κ3) is 5.48. The number of benzene rings is 2. The fourth-order valence-corrected chi connectivity index (χ4v) is 4.63. The van der Waals surface area contributed by atoms with Crippen LogP contribution in [0.1, 0.15) is 13.3 Å². The number of carbonyl (C=O) groups is 2. The number of alkyl halides is 2. The van der Waals surface area contributed by atoms with E-state index in [4.69, 9.17) is 16.3 Å². The topological polar surface area (TPSA) is 73.9 Å². The van der Waals surface area contributed by atoms with Crippen LogP contribution in [-0.2, 0) is 9.53 Å². The Morgan fingerprint density at radius 3 is 2.77 bits per heavy atom. The number of fused-ring (bicyclic) bond motifs is 1.